The van der Waals surface area contributed by atoms with E-state index in [1.807, 2.05) is 29.2 Å². The van der Waals surface area contributed by atoms with Crippen molar-refractivity contribution in [1.29, 1.82) is 0 Å². The average Bonchev–Trinajstić information content (AvgIpc) is 2.85. The van der Waals surface area contributed by atoms with Crippen LogP contribution in [0.3, 0.4) is 0 Å². The molecule has 0 unspecified atom stereocenters. The van der Waals surface area contributed by atoms with Crippen LogP contribution >= 0.6 is 0 Å². The van der Waals surface area contributed by atoms with Gasteiger partial charge in [-0.3, -0.25) is 30.0 Å². The standard InChI is InChI=1S/C25H30N6O5/c1-2-17-3-5-19(6-4-17)36-23-26-13-18(14-27-23)25(20(33)28-22(35)29-21(25)34)31-9-7-24(8-10-31)15-30(16-24)11-12-32/h3-6,13-14,32H,2,7-12,15-16H2,1H3,(H2,28,29,33,34,35). The number of hydrogen-bond acceptors (Lipinski definition) is 9. The van der Waals surface area contributed by atoms with Crippen molar-refractivity contribution in [3.8, 4) is 11.8 Å². The van der Waals surface area contributed by atoms with Gasteiger partial charge in [-0.25, -0.2) is 14.8 Å². The number of aliphatic hydroxyl groups excluding tert-OH is 1. The zero-order chi connectivity index (χ0) is 25.3. The van der Waals surface area contributed by atoms with Crippen LogP contribution in [-0.4, -0.2) is 82.1 Å². The third kappa shape index (κ3) is 4.23. The lowest BCUT2D eigenvalue weighted by Crippen LogP contribution is -2.73. The number of aromatic nitrogens is 2. The van der Waals surface area contributed by atoms with E-state index in [2.05, 4.69) is 32.4 Å². The van der Waals surface area contributed by atoms with Gasteiger partial charge in [0.25, 0.3) is 11.8 Å². The first-order valence-electron chi connectivity index (χ1n) is 12.2. The molecule has 36 heavy (non-hydrogen) atoms. The van der Waals surface area contributed by atoms with Crippen LogP contribution in [0.4, 0.5) is 4.79 Å². The number of urea groups is 1. The van der Waals surface area contributed by atoms with Crippen LogP contribution < -0.4 is 15.4 Å². The molecule has 3 aliphatic heterocycles. The molecule has 3 N–H and O–H groups in total. The number of nitrogens with zero attached hydrogens (tertiary/aromatic N) is 4. The number of β-amino-alcohol motifs (C(OH)–C–C–N with tert-alkyl or cyclic N) is 1. The molecular formula is C25H30N6O5. The maximum Gasteiger partial charge on any atom is 0.328 e. The number of likely N-dealkylation sites (tertiary alicyclic amines) is 2. The molecule has 4 heterocycles. The van der Waals surface area contributed by atoms with Gasteiger partial charge in [-0.1, -0.05) is 19.1 Å². The summed E-state index contributed by atoms with van der Waals surface area (Å²) in [5, 5.41) is 13.7. The second-order valence-corrected chi connectivity index (χ2v) is 9.72. The van der Waals surface area contributed by atoms with E-state index >= 15 is 0 Å². The van der Waals surface area contributed by atoms with Crippen LogP contribution in [0.1, 0.15) is 30.9 Å². The van der Waals surface area contributed by atoms with Gasteiger partial charge in [-0.05, 0) is 42.4 Å². The lowest BCUT2D eigenvalue weighted by Gasteiger charge is -2.56. The van der Waals surface area contributed by atoms with Crippen molar-refractivity contribution < 1.29 is 24.2 Å². The second kappa shape index (κ2) is 9.57. The van der Waals surface area contributed by atoms with Gasteiger partial charge in [0.1, 0.15) is 5.75 Å². The highest BCUT2D eigenvalue weighted by Crippen LogP contribution is 2.43. The van der Waals surface area contributed by atoms with Gasteiger partial charge >= 0.3 is 12.0 Å². The van der Waals surface area contributed by atoms with Gasteiger partial charge in [-0.2, -0.15) is 0 Å². The lowest BCUT2D eigenvalue weighted by molar-refractivity contribution is -0.153. The number of aryl methyl sites for hydroxylation is 1. The van der Waals surface area contributed by atoms with Crippen LogP contribution in [0.5, 0.6) is 11.8 Å². The van der Waals surface area contributed by atoms with E-state index in [1.165, 1.54) is 18.0 Å². The fraction of sp³-hybridized carbons (Fsp3) is 0.480. The number of benzene rings is 1. The molecule has 2 aromatic rings. The molecule has 0 bridgehead atoms. The largest absolute Gasteiger partial charge is 0.424 e. The van der Waals surface area contributed by atoms with E-state index in [0.29, 0.717) is 25.4 Å². The summed E-state index contributed by atoms with van der Waals surface area (Å²) in [4.78, 5) is 51.0. The van der Waals surface area contributed by atoms with Crippen molar-refractivity contribution in [1.82, 2.24) is 30.4 Å². The molecule has 1 spiro atoms. The monoisotopic (exact) mass is 494 g/mol. The van der Waals surface area contributed by atoms with E-state index < -0.39 is 23.4 Å². The summed E-state index contributed by atoms with van der Waals surface area (Å²) < 4.78 is 5.74. The number of imide groups is 2. The Morgan fingerprint density at radius 1 is 1.00 bits per heavy atom. The minimum Gasteiger partial charge on any atom is -0.424 e. The second-order valence-electron chi connectivity index (χ2n) is 9.72. The zero-order valence-electron chi connectivity index (χ0n) is 20.2. The van der Waals surface area contributed by atoms with Crippen LogP contribution in [0.25, 0.3) is 0 Å². The summed E-state index contributed by atoms with van der Waals surface area (Å²) in [6, 6.07) is 6.82. The number of hydrogen-bond donors (Lipinski definition) is 3. The summed E-state index contributed by atoms with van der Waals surface area (Å²) in [6.45, 7) is 5.60. The molecule has 3 aliphatic rings. The Hall–Kier alpha value is -3.41. The number of piperidine rings is 1. The minimum atomic E-state index is -1.76. The molecule has 0 aliphatic carbocycles. The van der Waals surface area contributed by atoms with Crippen molar-refractivity contribution in [3.05, 3.63) is 47.8 Å². The number of carbonyl (C=O) groups is 3. The highest BCUT2D eigenvalue weighted by molar-refractivity contribution is 6.22. The van der Waals surface area contributed by atoms with Crippen molar-refractivity contribution in [3.63, 3.8) is 0 Å². The molecule has 190 valence electrons. The first-order valence-corrected chi connectivity index (χ1v) is 12.2. The molecule has 1 aromatic carbocycles. The quantitative estimate of drug-likeness (QED) is 0.477. The minimum absolute atomic E-state index is 0.0851. The van der Waals surface area contributed by atoms with Crippen LogP contribution in [0.15, 0.2) is 36.7 Å². The van der Waals surface area contributed by atoms with Gasteiger partial charge in [0.15, 0.2) is 0 Å². The summed E-state index contributed by atoms with van der Waals surface area (Å²) in [6.07, 6.45) is 5.32. The molecule has 11 heteroatoms. The number of amides is 4. The van der Waals surface area contributed by atoms with Gasteiger partial charge < -0.3 is 9.84 Å². The number of aliphatic hydroxyl groups is 1. The maximum atomic E-state index is 13.3. The van der Waals surface area contributed by atoms with E-state index in [1.54, 1.807) is 0 Å². The van der Waals surface area contributed by atoms with Crippen molar-refractivity contribution in [2.75, 3.05) is 39.3 Å². The molecule has 0 saturated carbocycles. The average molecular weight is 495 g/mol. The SMILES string of the molecule is CCc1ccc(Oc2ncc(C3(N4CCC5(CC4)CN(CCO)C5)C(=O)NC(=O)NC3=O)cn2)cc1. The number of barbiturate groups is 1. The number of ether oxygens (including phenoxy) is 1. The lowest BCUT2D eigenvalue weighted by atomic mass is 9.70. The van der Waals surface area contributed by atoms with Gasteiger partial charge in [-0.15, -0.1) is 0 Å². The topological polar surface area (TPSA) is 137 Å². The molecule has 1 aromatic heterocycles. The van der Waals surface area contributed by atoms with Crippen LogP contribution in [0.2, 0.25) is 0 Å². The number of carbonyl (C=O) groups excluding carboxylic acids is 3. The fourth-order valence-corrected chi connectivity index (χ4v) is 5.54. The molecule has 3 saturated heterocycles. The number of rotatable bonds is 7. The Kier molecular flexibility index (Phi) is 6.45. The third-order valence-corrected chi connectivity index (χ3v) is 7.53. The predicted molar refractivity (Wildman–Crippen MR) is 128 cm³/mol. The van der Waals surface area contributed by atoms with Crippen LogP contribution in [0, 0.1) is 5.41 Å². The summed E-state index contributed by atoms with van der Waals surface area (Å²) in [7, 11) is 0. The molecule has 5 rings (SSSR count). The number of nitrogens with one attached hydrogen (secondary N) is 2. The van der Waals surface area contributed by atoms with E-state index in [9.17, 15) is 19.5 Å². The molecule has 0 atom stereocenters. The van der Waals surface area contributed by atoms with Gasteiger partial charge in [0.05, 0.1) is 6.61 Å². The normalized spacial score (nSPS) is 21.6. The van der Waals surface area contributed by atoms with Crippen molar-refractivity contribution >= 4 is 17.8 Å². The Bertz CT molecular complexity index is 1120. The Labute approximate surface area is 208 Å². The summed E-state index contributed by atoms with van der Waals surface area (Å²) in [5.74, 6) is -0.851. The molecule has 0 radical (unpaired) electrons. The molecular weight excluding hydrogens is 464 g/mol. The first-order chi connectivity index (χ1) is 17.4. The predicted octanol–water partition coefficient (Wildman–Crippen LogP) is 0.783. The Morgan fingerprint density at radius 3 is 2.17 bits per heavy atom. The summed E-state index contributed by atoms with van der Waals surface area (Å²) in [5.41, 5.74) is -0.196. The molecule has 11 nitrogen and oxygen atoms in total. The first kappa shape index (κ1) is 24.3. The van der Waals surface area contributed by atoms with Gasteiger partial charge in [0, 0.05) is 50.7 Å². The fourth-order valence-electron chi connectivity index (χ4n) is 5.54. The maximum absolute atomic E-state index is 13.3. The highest BCUT2D eigenvalue weighted by Gasteiger charge is 2.58. The summed E-state index contributed by atoms with van der Waals surface area (Å²) >= 11 is 0. The molecule has 4 amide bonds. The third-order valence-electron chi connectivity index (χ3n) is 7.53. The highest BCUT2D eigenvalue weighted by atomic mass is 16.5. The Morgan fingerprint density at radius 2 is 1.61 bits per heavy atom. The van der Waals surface area contributed by atoms with Crippen molar-refractivity contribution in [2.24, 2.45) is 5.41 Å². The van der Waals surface area contributed by atoms with E-state index in [-0.39, 0.29) is 23.6 Å². The Balaban J connectivity index is 1.38. The van der Waals surface area contributed by atoms with E-state index in [4.69, 9.17) is 4.74 Å². The van der Waals surface area contributed by atoms with Crippen LogP contribution in [-0.2, 0) is 21.5 Å². The zero-order valence-corrected chi connectivity index (χ0v) is 20.2. The van der Waals surface area contributed by atoms with Crippen molar-refractivity contribution in [2.45, 2.75) is 31.7 Å². The smallest absolute Gasteiger partial charge is 0.328 e. The van der Waals surface area contributed by atoms with Gasteiger partial charge in [0.2, 0.25) is 5.54 Å². The van der Waals surface area contributed by atoms with E-state index in [0.717, 1.165) is 32.4 Å². The molecule has 3 fully saturated rings.